The first-order chi connectivity index (χ1) is 12.8. The highest BCUT2D eigenvalue weighted by molar-refractivity contribution is 6.04. The maximum Gasteiger partial charge on any atom is 0.274 e. The molecule has 0 atom stereocenters. The Hall–Kier alpha value is -3.28. The number of anilines is 3. The van der Waals surface area contributed by atoms with E-state index in [1.807, 2.05) is 32.9 Å². The molecule has 0 aliphatic heterocycles. The molecule has 2 aromatic carbocycles. The van der Waals surface area contributed by atoms with Crippen LogP contribution in [0.25, 0.3) is 0 Å². The topological polar surface area (TPSA) is 66.9 Å². The van der Waals surface area contributed by atoms with E-state index in [0.29, 0.717) is 11.6 Å². The third-order valence-corrected chi connectivity index (χ3v) is 4.12. The molecule has 0 radical (unpaired) electrons. The van der Waals surface area contributed by atoms with E-state index in [-0.39, 0.29) is 17.3 Å². The Balaban J connectivity index is 1.88. The van der Waals surface area contributed by atoms with Gasteiger partial charge in [0.2, 0.25) is 0 Å². The number of carbonyl (C=O) groups is 1. The van der Waals surface area contributed by atoms with Gasteiger partial charge in [0, 0.05) is 11.8 Å². The lowest BCUT2D eigenvalue weighted by Gasteiger charge is -2.13. The Kier molecular flexibility index (Phi) is 5.16. The molecule has 6 heteroatoms. The first-order valence-electron chi connectivity index (χ1n) is 8.60. The largest absolute Gasteiger partial charge is 0.338 e. The summed E-state index contributed by atoms with van der Waals surface area (Å²) in [6.07, 6.45) is 0. The van der Waals surface area contributed by atoms with E-state index in [2.05, 4.69) is 20.6 Å². The monoisotopic (exact) mass is 364 g/mol. The second-order valence-electron chi connectivity index (χ2n) is 6.52. The maximum absolute atomic E-state index is 13.9. The summed E-state index contributed by atoms with van der Waals surface area (Å²) >= 11 is 0. The Labute approximate surface area is 157 Å². The summed E-state index contributed by atoms with van der Waals surface area (Å²) in [6, 6.07) is 11.8. The number of aryl methyl sites for hydroxylation is 4. The number of para-hydroxylation sites is 1. The minimum Gasteiger partial charge on any atom is -0.338 e. The summed E-state index contributed by atoms with van der Waals surface area (Å²) in [5, 5.41) is 5.82. The van der Waals surface area contributed by atoms with Crippen molar-refractivity contribution >= 4 is 23.1 Å². The molecular weight excluding hydrogens is 343 g/mol. The Bertz CT molecular complexity index is 994. The van der Waals surface area contributed by atoms with Crippen LogP contribution in [0.4, 0.5) is 21.6 Å². The van der Waals surface area contributed by atoms with Crippen LogP contribution in [-0.4, -0.2) is 15.9 Å². The molecule has 0 spiro atoms. The fraction of sp³-hybridized carbons (Fsp3) is 0.190. The van der Waals surface area contributed by atoms with Crippen LogP contribution < -0.4 is 10.6 Å². The number of rotatable bonds is 4. The summed E-state index contributed by atoms with van der Waals surface area (Å²) < 4.78 is 13.9. The van der Waals surface area contributed by atoms with Crippen LogP contribution in [0.5, 0.6) is 0 Å². The molecule has 1 amide bonds. The number of nitrogens with one attached hydrogen (secondary N) is 2. The van der Waals surface area contributed by atoms with Crippen LogP contribution in [-0.2, 0) is 0 Å². The highest BCUT2D eigenvalue weighted by atomic mass is 19.1. The molecule has 3 aromatic rings. The highest BCUT2D eigenvalue weighted by Gasteiger charge is 2.14. The number of hydrogen-bond donors (Lipinski definition) is 2. The molecule has 0 saturated heterocycles. The number of carbonyl (C=O) groups excluding carboxylic acids is 1. The molecule has 0 bridgehead atoms. The molecule has 27 heavy (non-hydrogen) atoms. The molecule has 138 valence electrons. The predicted molar refractivity (Wildman–Crippen MR) is 105 cm³/mol. The molecule has 0 aliphatic carbocycles. The van der Waals surface area contributed by atoms with Crippen molar-refractivity contribution < 1.29 is 9.18 Å². The fourth-order valence-corrected chi connectivity index (χ4v) is 3.00. The molecule has 0 saturated carbocycles. The molecule has 0 fully saturated rings. The minimum absolute atomic E-state index is 0.209. The van der Waals surface area contributed by atoms with Gasteiger partial charge in [-0.05, 0) is 51.0 Å². The van der Waals surface area contributed by atoms with Crippen LogP contribution >= 0.6 is 0 Å². The Morgan fingerprint density at radius 1 is 0.963 bits per heavy atom. The van der Waals surface area contributed by atoms with Crippen LogP contribution in [0.1, 0.15) is 33.0 Å². The first-order valence-corrected chi connectivity index (χ1v) is 8.60. The smallest absolute Gasteiger partial charge is 0.274 e. The average Bonchev–Trinajstić information content (AvgIpc) is 2.59. The van der Waals surface area contributed by atoms with Gasteiger partial charge >= 0.3 is 0 Å². The summed E-state index contributed by atoms with van der Waals surface area (Å²) in [4.78, 5) is 21.2. The SMILES string of the molecule is Cc1cc(C)c(NC(=O)c2cc(Nc3ccccc3F)nc(C)n2)c(C)c1. The summed E-state index contributed by atoms with van der Waals surface area (Å²) in [7, 11) is 0. The van der Waals surface area contributed by atoms with Crippen molar-refractivity contribution in [3.63, 3.8) is 0 Å². The van der Waals surface area contributed by atoms with Gasteiger partial charge < -0.3 is 10.6 Å². The number of nitrogens with zero attached hydrogens (tertiary/aromatic N) is 2. The van der Waals surface area contributed by atoms with Crippen molar-refractivity contribution in [3.8, 4) is 0 Å². The van der Waals surface area contributed by atoms with Gasteiger partial charge in [-0.2, -0.15) is 0 Å². The second-order valence-corrected chi connectivity index (χ2v) is 6.52. The fourth-order valence-electron chi connectivity index (χ4n) is 3.00. The summed E-state index contributed by atoms with van der Waals surface area (Å²) in [6.45, 7) is 7.60. The van der Waals surface area contributed by atoms with Gasteiger partial charge in [0.05, 0.1) is 5.69 Å². The van der Waals surface area contributed by atoms with Crippen molar-refractivity contribution in [2.75, 3.05) is 10.6 Å². The number of halogens is 1. The molecule has 0 unspecified atom stereocenters. The Morgan fingerprint density at radius 3 is 2.30 bits per heavy atom. The van der Waals surface area contributed by atoms with Crippen molar-refractivity contribution in [1.82, 2.24) is 9.97 Å². The quantitative estimate of drug-likeness (QED) is 0.695. The van der Waals surface area contributed by atoms with Gasteiger partial charge in [0.15, 0.2) is 0 Å². The molecule has 5 nitrogen and oxygen atoms in total. The van der Waals surface area contributed by atoms with Crippen LogP contribution in [0.3, 0.4) is 0 Å². The number of aromatic nitrogens is 2. The van der Waals surface area contributed by atoms with Crippen LogP contribution in [0.15, 0.2) is 42.5 Å². The Morgan fingerprint density at radius 2 is 1.63 bits per heavy atom. The van der Waals surface area contributed by atoms with Crippen molar-refractivity contribution in [2.45, 2.75) is 27.7 Å². The van der Waals surface area contributed by atoms with E-state index < -0.39 is 5.82 Å². The zero-order valence-electron chi connectivity index (χ0n) is 15.7. The molecule has 2 N–H and O–H groups in total. The summed E-state index contributed by atoms with van der Waals surface area (Å²) in [5.41, 5.74) is 4.36. The number of amides is 1. The lowest BCUT2D eigenvalue weighted by atomic mass is 10.0. The van der Waals surface area contributed by atoms with Gasteiger partial charge in [-0.25, -0.2) is 14.4 Å². The molecule has 1 heterocycles. The standard InChI is InChI=1S/C21H21FN4O/c1-12-9-13(2)20(14(3)10-12)26-21(27)18-11-19(24-15(4)23-18)25-17-8-6-5-7-16(17)22/h5-11H,1-4H3,(H,26,27)(H,23,24,25). The average molecular weight is 364 g/mol. The zero-order valence-corrected chi connectivity index (χ0v) is 15.7. The number of hydrogen-bond acceptors (Lipinski definition) is 4. The second kappa shape index (κ2) is 7.53. The normalized spacial score (nSPS) is 10.6. The maximum atomic E-state index is 13.9. The van der Waals surface area contributed by atoms with E-state index in [1.165, 1.54) is 12.1 Å². The predicted octanol–water partition coefficient (Wildman–Crippen LogP) is 4.85. The first kappa shape index (κ1) is 18.5. The zero-order chi connectivity index (χ0) is 19.6. The van der Waals surface area contributed by atoms with Crippen molar-refractivity contribution in [1.29, 1.82) is 0 Å². The molecule has 0 aliphatic rings. The lowest BCUT2D eigenvalue weighted by Crippen LogP contribution is -2.17. The third kappa shape index (κ3) is 4.28. The van der Waals surface area contributed by atoms with Gasteiger partial charge in [-0.15, -0.1) is 0 Å². The number of benzene rings is 2. The van der Waals surface area contributed by atoms with E-state index in [1.54, 1.807) is 25.1 Å². The van der Waals surface area contributed by atoms with Gasteiger partial charge in [0.25, 0.3) is 5.91 Å². The highest BCUT2D eigenvalue weighted by Crippen LogP contribution is 2.23. The lowest BCUT2D eigenvalue weighted by molar-refractivity contribution is 0.102. The van der Waals surface area contributed by atoms with Gasteiger partial charge in [-0.1, -0.05) is 29.8 Å². The van der Waals surface area contributed by atoms with E-state index >= 15 is 0 Å². The molecule has 1 aromatic heterocycles. The van der Waals surface area contributed by atoms with E-state index in [0.717, 1.165) is 22.4 Å². The van der Waals surface area contributed by atoms with E-state index in [4.69, 9.17) is 0 Å². The van der Waals surface area contributed by atoms with Crippen molar-refractivity contribution in [2.24, 2.45) is 0 Å². The molecular formula is C21H21FN4O. The van der Waals surface area contributed by atoms with Crippen LogP contribution in [0.2, 0.25) is 0 Å². The van der Waals surface area contributed by atoms with Crippen molar-refractivity contribution in [3.05, 3.63) is 76.5 Å². The molecule has 3 rings (SSSR count). The van der Waals surface area contributed by atoms with Gasteiger partial charge in [0.1, 0.15) is 23.2 Å². The minimum atomic E-state index is -0.398. The van der Waals surface area contributed by atoms with E-state index in [9.17, 15) is 9.18 Å². The van der Waals surface area contributed by atoms with Gasteiger partial charge in [-0.3, -0.25) is 4.79 Å². The summed E-state index contributed by atoms with van der Waals surface area (Å²) in [5.74, 6) is 0.0340. The van der Waals surface area contributed by atoms with Crippen LogP contribution in [0, 0.1) is 33.5 Å². The third-order valence-electron chi connectivity index (χ3n) is 4.12.